The van der Waals surface area contributed by atoms with E-state index in [1.807, 2.05) is 0 Å². The predicted octanol–water partition coefficient (Wildman–Crippen LogP) is 2.75. The van der Waals surface area contributed by atoms with Crippen LogP contribution in [0.4, 0.5) is 0 Å². The van der Waals surface area contributed by atoms with Gasteiger partial charge in [-0.25, -0.2) is 0 Å². The number of unbranched alkanes of at least 4 members (excludes halogenated alkanes) is 6. The first-order chi connectivity index (χ1) is 12.5. The van der Waals surface area contributed by atoms with E-state index in [0.717, 1.165) is 12.8 Å². The molecule has 0 aromatic heterocycles. The zero-order valence-corrected chi connectivity index (χ0v) is 16.5. The van der Waals surface area contributed by atoms with Crippen molar-refractivity contribution in [2.24, 2.45) is 11.7 Å². The number of esters is 1. The van der Waals surface area contributed by atoms with E-state index >= 15 is 0 Å². The minimum atomic E-state index is -0.390. The van der Waals surface area contributed by atoms with Crippen molar-refractivity contribution in [2.45, 2.75) is 83.5 Å². The van der Waals surface area contributed by atoms with Crippen LogP contribution in [0, 0.1) is 5.92 Å². The van der Waals surface area contributed by atoms with Crippen LogP contribution in [-0.2, 0) is 23.8 Å². The molecule has 154 valence electrons. The Labute approximate surface area is 157 Å². The highest BCUT2D eigenvalue weighted by Crippen LogP contribution is 2.28. The molecule has 1 saturated heterocycles. The van der Waals surface area contributed by atoms with Crippen molar-refractivity contribution in [3.63, 3.8) is 0 Å². The van der Waals surface area contributed by atoms with Gasteiger partial charge in [-0.15, -0.1) is 0 Å². The first-order valence-corrected chi connectivity index (χ1v) is 9.67. The van der Waals surface area contributed by atoms with E-state index in [1.54, 1.807) is 7.11 Å². The van der Waals surface area contributed by atoms with E-state index in [9.17, 15) is 4.79 Å². The molecule has 0 unspecified atom stereocenters. The standard InChI is InChI=1S/C18H35NO4.CH2O2/c1-4-5-6-7-8-9-10-11-15-18(23-16(20)12-19)17(21-3)14(2)13-22-15;2-1-3/h14-15,17-18H,4-13,19H2,1-3H3;1H,(H,2,3)/t14-,15-,17-,18+;/m0./s1. The van der Waals surface area contributed by atoms with Crippen molar-refractivity contribution in [1.29, 1.82) is 0 Å². The smallest absolute Gasteiger partial charge is 0.320 e. The van der Waals surface area contributed by atoms with Crippen molar-refractivity contribution in [1.82, 2.24) is 0 Å². The average molecular weight is 376 g/mol. The van der Waals surface area contributed by atoms with Crippen LogP contribution < -0.4 is 5.73 Å². The molecule has 0 aromatic rings. The molecule has 3 N–H and O–H groups in total. The summed E-state index contributed by atoms with van der Waals surface area (Å²) < 4.78 is 17.0. The molecule has 1 fully saturated rings. The van der Waals surface area contributed by atoms with E-state index in [-0.39, 0.29) is 43.2 Å². The van der Waals surface area contributed by atoms with E-state index in [0.29, 0.717) is 6.61 Å². The van der Waals surface area contributed by atoms with Gasteiger partial charge in [-0.3, -0.25) is 9.59 Å². The van der Waals surface area contributed by atoms with Crippen molar-refractivity contribution >= 4 is 12.4 Å². The number of carbonyl (C=O) groups excluding carboxylic acids is 1. The highest BCUT2D eigenvalue weighted by molar-refractivity contribution is 5.71. The Morgan fingerprint density at radius 1 is 1.19 bits per heavy atom. The molecule has 0 spiro atoms. The van der Waals surface area contributed by atoms with Gasteiger partial charge in [0.15, 0.2) is 6.10 Å². The summed E-state index contributed by atoms with van der Waals surface area (Å²) >= 11 is 0. The number of hydrogen-bond donors (Lipinski definition) is 2. The molecule has 7 nitrogen and oxygen atoms in total. The zero-order chi connectivity index (χ0) is 19.8. The molecule has 26 heavy (non-hydrogen) atoms. The predicted molar refractivity (Wildman–Crippen MR) is 99.9 cm³/mol. The molecule has 0 amide bonds. The lowest BCUT2D eigenvalue weighted by Gasteiger charge is -2.40. The molecule has 1 heterocycles. The number of methoxy groups -OCH3 is 1. The Balaban J connectivity index is 0.00000194. The molecular weight excluding hydrogens is 338 g/mol. The van der Waals surface area contributed by atoms with Gasteiger partial charge in [0.1, 0.15) is 6.10 Å². The molecule has 1 aliphatic heterocycles. The lowest BCUT2D eigenvalue weighted by atomic mass is 9.90. The van der Waals surface area contributed by atoms with Crippen LogP contribution in [-0.4, -0.2) is 56.1 Å². The summed E-state index contributed by atoms with van der Waals surface area (Å²) in [5.74, 6) is -0.180. The Kier molecular flexibility index (Phi) is 15.3. The monoisotopic (exact) mass is 375 g/mol. The van der Waals surface area contributed by atoms with Crippen LogP contribution >= 0.6 is 0 Å². The summed E-state index contributed by atoms with van der Waals surface area (Å²) in [6.07, 6.45) is 9.17. The Morgan fingerprint density at radius 3 is 2.31 bits per heavy atom. The van der Waals surface area contributed by atoms with Crippen molar-refractivity contribution in [3.8, 4) is 0 Å². The third-order valence-corrected chi connectivity index (χ3v) is 4.62. The van der Waals surface area contributed by atoms with Crippen molar-refractivity contribution in [3.05, 3.63) is 0 Å². The minimum absolute atomic E-state index is 0.0812. The number of carbonyl (C=O) groups is 2. The summed E-state index contributed by atoms with van der Waals surface area (Å²) in [6.45, 7) is 4.58. The second-order valence-corrected chi connectivity index (χ2v) is 6.72. The van der Waals surface area contributed by atoms with Gasteiger partial charge in [0.2, 0.25) is 0 Å². The van der Waals surface area contributed by atoms with Crippen molar-refractivity contribution in [2.75, 3.05) is 20.3 Å². The van der Waals surface area contributed by atoms with Crippen LogP contribution in [0.1, 0.15) is 65.2 Å². The summed E-state index contributed by atoms with van der Waals surface area (Å²) in [4.78, 5) is 20.0. The fourth-order valence-corrected chi connectivity index (χ4v) is 3.26. The molecule has 0 bridgehead atoms. The number of hydrogen-bond acceptors (Lipinski definition) is 6. The maximum Gasteiger partial charge on any atom is 0.320 e. The highest BCUT2D eigenvalue weighted by atomic mass is 16.6. The normalized spacial score (nSPS) is 25.1. The first-order valence-electron chi connectivity index (χ1n) is 9.67. The quantitative estimate of drug-likeness (QED) is 0.325. The summed E-state index contributed by atoms with van der Waals surface area (Å²) in [5, 5.41) is 6.89. The van der Waals surface area contributed by atoms with Gasteiger partial charge in [0.25, 0.3) is 6.47 Å². The second-order valence-electron chi connectivity index (χ2n) is 6.72. The summed E-state index contributed by atoms with van der Waals surface area (Å²) in [5.41, 5.74) is 5.38. The van der Waals surface area contributed by atoms with E-state index < -0.39 is 0 Å². The van der Waals surface area contributed by atoms with E-state index in [1.165, 1.54) is 38.5 Å². The minimum Gasteiger partial charge on any atom is -0.483 e. The first kappa shape index (κ1) is 24.8. The zero-order valence-electron chi connectivity index (χ0n) is 16.5. The molecule has 0 aliphatic carbocycles. The second kappa shape index (κ2) is 16.0. The fraction of sp³-hybridized carbons (Fsp3) is 0.895. The van der Waals surface area contributed by atoms with Gasteiger partial charge in [-0.05, 0) is 6.42 Å². The molecular formula is C19H37NO6. The van der Waals surface area contributed by atoms with Crippen LogP contribution in [0.2, 0.25) is 0 Å². The van der Waals surface area contributed by atoms with Gasteiger partial charge in [0, 0.05) is 13.0 Å². The average Bonchev–Trinajstić information content (AvgIpc) is 2.63. The van der Waals surface area contributed by atoms with Gasteiger partial charge in [-0.2, -0.15) is 0 Å². The lowest BCUT2D eigenvalue weighted by molar-refractivity contribution is -0.199. The lowest BCUT2D eigenvalue weighted by Crippen LogP contribution is -2.52. The van der Waals surface area contributed by atoms with Gasteiger partial charge in [-0.1, -0.05) is 58.8 Å². The third kappa shape index (κ3) is 10.1. The fourth-order valence-electron chi connectivity index (χ4n) is 3.26. The number of ether oxygens (including phenoxy) is 3. The molecule has 1 rings (SSSR count). The van der Waals surface area contributed by atoms with Crippen LogP contribution in [0.3, 0.4) is 0 Å². The van der Waals surface area contributed by atoms with Gasteiger partial charge >= 0.3 is 5.97 Å². The maximum atomic E-state index is 11.6. The third-order valence-electron chi connectivity index (χ3n) is 4.62. The van der Waals surface area contributed by atoms with Crippen LogP contribution in [0.5, 0.6) is 0 Å². The Bertz CT molecular complexity index is 366. The van der Waals surface area contributed by atoms with E-state index in [4.69, 9.17) is 29.8 Å². The number of carboxylic acid groups (broad SMARTS) is 1. The molecule has 0 saturated carbocycles. The molecule has 0 radical (unpaired) electrons. The Morgan fingerprint density at radius 2 is 1.77 bits per heavy atom. The van der Waals surface area contributed by atoms with Crippen LogP contribution in [0.25, 0.3) is 0 Å². The largest absolute Gasteiger partial charge is 0.483 e. The summed E-state index contributed by atoms with van der Waals surface area (Å²) in [6, 6.07) is 0. The number of rotatable bonds is 11. The summed E-state index contributed by atoms with van der Waals surface area (Å²) in [7, 11) is 1.67. The molecule has 4 atom stereocenters. The SMILES string of the molecule is CCCCCCCCC[C@@H]1OC[C@H](C)[C@H](OC)[C@@H]1OC(=O)CN.O=CO. The molecule has 1 aliphatic rings. The maximum absolute atomic E-state index is 11.6. The van der Waals surface area contributed by atoms with Crippen LogP contribution in [0.15, 0.2) is 0 Å². The Hall–Kier alpha value is -1.18. The molecule has 7 heteroatoms. The number of nitrogens with two attached hydrogens (primary N) is 1. The van der Waals surface area contributed by atoms with Gasteiger partial charge in [0.05, 0.1) is 19.3 Å². The van der Waals surface area contributed by atoms with E-state index in [2.05, 4.69) is 13.8 Å². The van der Waals surface area contributed by atoms with Gasteiger partial charge < -0.3 is 25.1 Å². The topological polar surface area (TPSA) is 108 Å². The highest BCUT2D eigenvalue weighted by Gasteiger charge is 2.40. The van der Waals surface area contributed by atoms with Crippen molar-refractivity contribution < 1.29 is 28.9 Å². The molecule has 0 aromatic carbocycles.